The molecule has 0 bridgehead atoms. The molecule has 0 amide bonds. The highest BCUT2D eigenvalue weighted by molar-refractivity contribution is 6.03. The van der Waals surface area contributed by atoms with Crippen molar-refractivity contribution in [1.82, 2.24) is 0 Å². The Morgan fingerprint density at radius 2 is 1.40 bits per heavy atom. The Morgan fingerprint density at radius 1 is 0.880 bits per heavy atom. The average Bonchev–Trinajstić information content (AvgIpc) is 2.61. The molecular weight excluding hydrogens is 324 g/mol. The van der Waals surface area contributed by atoms with E-state index in [0.717, 1.165) is 25.7 Å². The van der Waals surface area contributed by atoms with Gasteiger partial charge in [-0.15, -0.1) is 0 Å². The molecule has 1 aromatic carbocycles. The van der Waals surface area contributed by atoms with Gasteiger partial charge in [-0.05, 0) is 31.9 Å². The second-order valence-corrected chi connectivity index (χ2v) is 5.60. The fourth-order valence-corrected chi connectivity index (χ4v) is 1.93. The van der Waals surface area contributed by atoms with Gasteiger partial charge < -0.3 is 14.2 Å². The van der Waals surface area contributed by atoms with Gasteiger partial charge in [0.05, 0.1) is 24.3 Å². The van der Waals surface area contributed by atoms with E-state index in [1.54, 1.807) is 12.1 Å². The van der Waals surface area contributed by atoms with Crippen LogP contribution in [-0.4, -0.2) is 37.2 Å². The standard InChI is InChI=1S/C19H26O6/c1-4-6-12-23-17(20)14(3)25-19(22)16-11-9-8-10-15(16)18(21)24-13-7-5-2/h8-11,14H,4-7,12-13H2,1-3H3. The van der Waals surface area contributed by atoms with E-state index < -0.39 is 24.0 Å². The van der Waals surface area contributed by atoms with Crippen molar-refractivity contribution < 1.29 is 28.6 Å². The highest BCUT2D eigenvalue weighted by Crippen LogP contribution is 2.14. The zero-order valence-electron chi connectivity index (χ0n) is 15.1. The van der Waals surface area contributed by atoms with E-state index in [4.69, 9.17) is 14.2 Å². The Kier molecular flexibility index (Phi) is 9.29. The van der Waals surface area contributed by atoms with Gasteiger partial charge in [-0.3, -0.25) is 0 Å². The van der Waals surface area contributed by atoms with E-state index in [0.29, 0.717) is 6.61 Å². The maximum atomic E-state index is 12.3. The molecule has 0 saturated heterocycles. The number of esters is 3. The number of benzene rings is 1. The summed E-state index contributed by atoms with van der Waals surface area (Å²) in [6.07, 6.45) is 2.25. The van der Waals surface area contributed by atoms with Crippen LogP contribution in [0.5, 0.6) is 0 Å². The minimum atomic E-state index is -1.05. The van der Waals surface area contributed by atoms with Crippen molar-refractivity contribution in [1.29, 1.82) is 0 Å². The molecule has 6 nitrogen and oxygen atoms in total. The summed E-state index contributed by atoms with van der Waals surface area (Å²) in [6.45, 7) is 5.98. The fraction of sp³-hybridized carbons (Fsp3) is 0.526. The van der Waals surface area contributed by atoms with Crippen LogP contribution >= 0.6 is 0 Å². The summed E-state index contributed by atoms with van der Waals surface area (Å²) >= 11 is 0. The number of rotatable bonds is 10. The second kappa shape index (κ2) is 11.2. The molecule has 0 saturated carbocycles. The van der Waals surface area contributed by atoms with Crippen LogP contribution in [0, 0.1) is 0 Å². The van der Waals surface area contributed by atoms with E-state index in [9.17, 15) is 14.4 Å². The Morgan fingerprint density at radius 3 is 1.96 bits per heavy atom. The van der Waals surface area contributed by atoms with Crippen LogP contribution in [-0.2, 0) is 19.0 Å². The maximum Gasteiger partial charge on any atom is 0.347 e. The second-order valence-electron chi connectivity index (χ2n) is 5.60. The summed E-state index contributed by atoms with van der Waals surface area (Å²) in [5, 5.41) is 0. The fourth-order valence-electron chi connectivity index (χ4n) is 1.93. The number of hydrogen-bond donors (Lipinski definition) is 0. The molecule has 1 aromatic rings. The number of carbonyl (C=O) groups excluding carboxylic acids is 3. The van der Waals surface area contributed by atoms with Crippen LogP contribution in [0.2, 0.25) is 0 Å². The first-order chi connectivity index (χ1) is 12.0. The maximum absolute atomic E-state index is 12.3. The van der Waals surface area contributed by atoms with Gasteiger partial charge in [0.1, 0.15) is 0 Å². The third kappa shape index (κ3) is 6.95. The minimum Gasteiger partial charge on any atom is -0.463 e. The molecule has 0 radical (unpaired) electrons. The van der Waals surface area contributed by atoms with Gasteiger partial charge in [-0.2, -0.15) is 0 Å². The Labute approximate surface area is 148 Å². The zero-order valence-corrected chi connectivity index (χ0v) is 15.1. The highest BCUT2D eigenvalue weighted by Gasteiger charge is 2.24. The van der Waals surface area contributed by atoms with Gasteiger partial charge in [-0.25, -0.2) is 14.4 Å². The first kappa shape index (κ1) is 20.7. The van der Waals surface area contributed by atoms with E-state index in [1.165, 1.54) is 19.1 Å². The summed E-state index contributed by atoms with van der Waals surface area (Å²) < 4.78 is 15.3. The van der Waals surface area contributed by atoms with Crippen LogP contribution < -0.4 is 0 Å². The average molecular weight is 350 g/mol. The third-order valence-corrected chi connectivity index (χ3v) is 3.46. The van der Waals surface area contributed by atoms with E-state index >= 15 is 0 Å². The predicted octanol–water partition coefficient (Wildman–Crippen LogP) is 3.53. The molecule has 0 N–H and O–H groups in total. The lowest BCUT2D eigenvalue weighted by molar-refractivity contribution is -0.153. The van der Waals surface area contributed by atoms with E-state index in [2.05, 4.69) is 0 Å². The molecule has 0 aliphatic heterocycles. The molecule has 0 aliphatic rings. The van der Waals surface area contributed by atoms with Gasteiger partial charge in [-0.1, -0.05) is 38.8 Å². The molecule has 0 heterocycles. The summed E-state index contributed by atoms with van der Waals surface area (Å²) in [7, 11) is 0. The Balaban J connectivity index is 2.71. The van der Waals surface area contributed by atoms with Gasteiger partial charge >= 0.3 is 17.9 Å². The van der Waals surface area contributed by atoms with Gasteiger partial charge in [0.2, 0.25) is 0 Å². The predicted molar refractivity (Wildman–Crippen MR) is 92.4 cm³/mol. The highest BCUT2D eigenvalue weighted by atomic mass is 16.6. The van der Waals surface area contributed by atoms with Crippen molar-refractivity contribution >= 4 is 17.9 Å². The molecule has 0 aliphatic carbocycles. The van der Waals surface area contributed by atoms with E-state index in [-0.39, 0.29) is 17.7 Å². The normalized spacial score (nSPS) is 11.5. The third-order valence-electron chi connectivity index (χ3n) is 3.46. The van der Waals surface area contributed by atoms with Crippen molar-refractivity contribution in [2.75, 3.05) is 13.2 Å². The molecule has 138 valence electrons. The number of unbranched alkanes of at least 4 members (excludes halogenated alkanes) is 2. The summed E-state index contributed by atoms with van der Waals surface area (Å²) in [5.74, 6) is -1.95. The number of carbonyl (C=O) groups is 3. The lowest BCUT2D eigenvalue weighted by Crippen LogP contribution is -2.27. The summed E-state index contributed by atoms with van der Waals surface area (Å²) in [6, 6.07) is 6.21. The topological polar surface area (TPSA) is 78.9 Å². The van der Waals surface area contributed by atoms with Crippen molar-refractivity contribution in [3.63, 3.8) is 0 Å². The number of hydrogen-bond acceptors (Lipinski definition) is 6. The molecule has 1 atom stereocenters. The largest absolute Gasteiger partial charge is 0.463 e. The van der Waals surface area contributed by atoms with Crippen LogP contribution in [0.3, 0.4) is 0 Å². The quantitative estimate of drug-likeness (QED) is 0.365. The van der Waals surface area contributed by atoms with Crippen LogP contribution in [0.25, 0.3) is 0 Å². The molecule has 6 heteroatoms. The van der Waals surface area contributed by atoms with Crippen molar-refractivity contribution in [2.45, 2.75) is 52.6 Å². The Hall–Kier alpha value is -2.37. The molecular formula is C19H26O6. The zero-order chi connectivity index (χ0) is 18.7. The summed E-state index contributed by atoms with van der Waals surface area (Å²) in [4.78, 5) is 36.2. The first-order valence-electron chi connectivity index (χ1n) is 8.65. The van der Waals surface area contributed by atoms with Crippen molar-refractivity contribution in [3.05, 3.63) is 35.4 Å². The lowest BCUT2D eigenvalue weighted by Gasteiger charge is -2.14. The van der Waals surface area contributed by atoms with Gasteiger partial charge in [0, 0.05) is 0 Å². The summed E-state index contributed by atoms with van der Waals surface area (Å²) in [5.41, 5.74) is 0.187. The van der Waals surface area contributed by atoms with Crippen LogP contribution in [0.1, 0.15) is 67.2 Å². The van der Waals surface area contributed by atoms with Gasteiger partial charge in [0.25, 0.3) is 0 Å². The minimum absolute atomic E-state index is 0.0669. The monoisotopic (exact) mass is 350 g/mol. The molecule has 0 spiro atoms. The molecule has 1 unspecified atom stereocenters. The van der Waals surface area contributed by atoms with Crippen LogP contribution in [0.15, 0.2) is 24.3 Å². The van der Waals surface area contributed by atoms with Gasteiger partial charge in [0.15, 0.2) is 6.10 Å². The number of ether oxygens (including phenoxy) is 3. The lowest BCUT2D eigenvalue weighted by atomic mass is 10.1. The van der Waals surface area contributed by atoms with Crippen molar-refractivity contribution in [3.8, 4) is 0 Å². The van der Waals surface area contributed by atoms with Crippen LogP contribution in [0.4, 0.5) is 0 Å². The Bertz CT molecular complexity index is 581. The SMILES string of the molecule is CCCCOC(=O)c1ccccc1C(=O)OC(C)C(=O)OCCCC. The first-order valence-corrected chi connectivity index (χ1v) is 8.65. The molecule has 0 aromatic heterocycles. The molecule has 0 fully saturated rings. The van der Waals surface area contributed by atoms with E-state index in [1.807, 2.05) is 13.8 Å². The molecule has 1 rings (SSSR count). The van der Waals surface area contributed by atoms with Crippen molar-refractivity contribution in [2.24, 2.45) is 0 Å². The smallest absolute Gasteiger partial charge is 0.347 e. The molecule has 25 heavy (non-hydrogen) atoms.